The van der Waals surface area contributed by atoms with E-state index < -0.39 is 0 Å². The van der Waals surface area contributed by atoms with Gasteiger partial charge in [-0.1, -0.05) is 24.3 Å². The van der Waals surface area contributed by atoms with E-state index in [0.717, 1.165) is 11.1 Å². The average molecular weight is 384 g/mol. The number of likely N-dealkylation sites (tertiary alicyclic amines) is 1. The van der Waals surface area contributed by atoms with Gasteiger partial charge in [0.25, 0.3) is 5.91 Å². The molecule has 3 rings (SSSR count). The van der Waals surface area contributed by atoms with Crippen LogP contribution in [0, 0.1) is 18.7 Å². The summed E-state index contributed by atoms with van der Waals surface area (Å²) in [5.41, 5.74) is 2.59. The van der Waals surface area contributed by atoms with Crippen molar-refractivity contribution < 1.29 is 18.7 Å². The summed E-state index contributed by atoms with van der Waals surface area (Å²) in [6.45, 7) is 3.65. The largest absolute Gasteiger partial charge is 0.383 e. The second-order valence-electron chi connectivity index (χ2n) is 7.07. The molecule has 28 heavy (non-hydrogen) atoms. The van der Waals surface area contributed by atoms with Crippen LogP contribution in [0.25, 0.3) is 0 Å². The molecule has 1 aliphatic heterocycles. The normalized spacial score (nSPS) is 18.9. The van der Waals surface area contributed by atoms with Gasteiger partial charge in [0.15, 0.2) is 0 Å². The molecule has 0 bridgehead atoms. The van der Waals surface area contributed by atoms with Gasteiger partial charge < -0.3 is 15.0 Å². The molecule has 6 heteroatoms. The fourth-order valence-electron chi connectivity index (χ4n) is 3.74. The van der Waals surface area contributed by atoms with E-state index in [-0.39, 0.29) is 29.5 Å². The van der Waals surface area contributed by atoms with Crippen molar-refractivity contribution in [3.63, 3.8) is 0 Å². The third-order valence-electron chi connectivity index (χ3n) is 5.23. The molecule has 0 spiro atoms. The lowest BCUT2D eigenvalue weighted by Crippen LogP contribution is -2.37. The average Bonchev–Trinajstić information content (AvgIpc) is 3.14. The standard InChI is InChI=1S/C22H25FN2O3/c1-15-5-3-4-6-18(15)19-13-25(14-20(19)21(26)24-11-12-28-2)22(27)16-7-9-17(23)10-8-16/h3-10,19-20H,11-14H2,1-2H3,(H,24,26). The topological polar surface area (TPSA) is 58.6 Å². The Morgan fingerprint density at radius 2 is 1.86 bits per heavy atom. The first kappa shape index (κ1) is 20.0. The van der Waals surface area contributed by atoms with Crippen molar-refractivity contribution in [2.45, 2.75) is 12.8 Å². The summed E-state index contributed by atoms with van der Waals surface area (Å²) < 4.78 is 18.2. The van der Waals surface area contributed by atoms with Crippen molar-refractivity contribution in [3.8, 4) is 0 Å². The first-order valence-corrected chi connectivity index (χ1v) is 9.38. The maximum absolute atomic E-state index is 13.2. The van der Waals surface area contributed by atoms with E-state index in [0.29, 0.717) is 31.8 Å². The molecule has 2 aromatic carbocycles. The van der Waals surface area contributed by atoms with E-state index in [1.807, 2.05) is 31.2 Å². The van der Waals surface area contributed by atoms with E-state index >= 15 is 0 Å². The predicted molar refractivity (Wildman–Crippen MR) is 105 cm³/mol. The molecular formula is C22H25FN2O3. The number of methoxy groups -OCH3 is 1. The van der Waals surface area contributed by atoms with Crippen LogP contribution >= 0.6 is 0 Å². The Kier molecular flexibility index (Phi) is 6.41. The molecule has 1 saturated heterocycles. The quantitative estimate of drug-likeness (QED) is 0.779. The molecule has 0 radical (unpaired) electrons. The number of benzene rings is 2. The summed E-state index contributed by atoms with van der Waals surface area (Å²) in [7, 11) is 1.58. The van der Waals surface area contributed by atoms with Crippen LogP contribution in [0.4, 0.5) is 4.39 Å². The lowest BCUT2D eigenvalue weighted by molar-refractivity contribution is -0.125. The van der Waals surface area contributed by atoms with Gasteiger partial charge >= 0.3 is 0 Å². The molecule has 0 saturated carbocycles. The number of carbonyl (C=O) groups excluding carboxylic acids is 2. The summed E-state index contributed by atoms with van der Waals surface area (Å²) in [4.78, 5) is 27.4. The van der Waals surface area contributed by atoms with Gasteiger partial charge in [-0.3, -0.25) is 9.59 Å². The summed E-state index contributed by atoms with van der Waals surface area (Å²) in [6, 6.07) is 13.4. The monoisotopic (exact) mass is 384 g/mol. The van der Waals surface area contributed by atoms with Gasteiger partial charge in [-0.05, 0) is 42.3 Å². The van der Waals surface area contributed by atoms with Gasteiger partial charge in [0.2, 0.25) is 5.91 Å². The molecule has 1 fully saturated rings. The highest BCUT2D eigenvalue weighted by Crippen LogP contribution is 2.35. The highest BCUT2D eigenvalue weighted by atomic mass is 19.1. The number of carbonyl (C=O) groups is 2. The Morgan fingerprint density at radius 1 is 1.14 bits per heavy atom. The zero-order valence-electron chi connectivity index (χ0n) is 16.2. The van der Waals surface area contributed by atoms with Crippen LogP contribution in [-0.2, 0) is 9.53 Å². The van der Waals surface area contributed by atoms with Crippen molar-refractivity contribution in [1.82, 2.24) is 10.2 Å². The maximum atomic E-state index is 13.2. The van der Waals surface area contributed by atoms with Crippen LogP contribution in [-0.4, -0.2) is 50.1 Å². The van der Waals surface area contributed by atoms with Gasteiger partial charge in [-0.15, -0.1) is 0 Å². The van der Waals surface area contributed by atoms with Gasteiger partial charge in [0, 0.05) is 38.2 Å². The first-order valence-electron chi connectivity index (χ1n) is 9.38. The summed E-state index contributed by atoms with van der Waals surface area (Å²) in [5, 5.41) is 2.90. The van der Waals surface area contributed by atoms with Crippen molar-refractivity contribution in [1.29, 1.82) is 0 Å². The van der Waals surface area contributed by atoms with Crippen molar-refractivity contribution >= 4 is 11.8 Å². The van der Waals surface area contributed by atoms with E-state index in [1.165, 1.54) is 24.3 Å². The number of aryl methyl sites for hydroxylation is 1. The van der Waals surface area contributed by atoms with Crippen molar-refractivity contribution in [2.75, 3.05) is 33.4 Å². The number of nitrogens with zero attached hydrogens (tertiary/aromatic N) is 1. The molecular weight excluding hydrogens is 359 g/mol. The number of hydrogen-bond donors (Lipinski definition) is 1. The third-order valence-corrected chi connectivity index (χ3v) is 5.23. The minimum absolute atomic E-state index is 0.0836. The van der Waals surface area contributed by atoms with E-state index in [4.69, 9.17) is 4.74 Å². The fourth-order valence-corrected chi connectivity index (χ4v) is 3.74. The second-order valence-corrected chi connectivity index (χ2v) is 7.07. The Bertz CT molecular complexity index is 838. The first-order chi connectivity index (χ1) is 13.5. The molecule has 0 aromatic heterocycles. The van der Waals surface area contributed by atoms with Gasteiger partial charge in [0.05, 0.1) is 12.5 Å². The minimum atomic E-state index is -0.383. The zero-order chi connectivity index (χ0) is 20.1. The molecule has 1 heterocycles. The molecule has 5 nitrogen and oxygen atoms in total. The number of ether oxygens (including phenoxy) is 1. The Labute approximate surface area is 164 Å². The van der Waals surface area contributed by atoms with Crippen molar-refractivity contribution in [2.24, 2.45) is 5.92 Å². The summed E-state index contributed by atoms with van der Waals surface area (Å²) in [6.07, 6.45) is 0. The molecule has 2 unspecified atom stereocenters. The molecule has 1 aliphatic rings. The number of amides is 2. The number of rotatable bonds is 6. The van der Waals surface area contributed by atoms with Gasteiger partial charge in [-0.2, -0.15) is 0 Å². The van der Waals surface area contributed by atoms with E-state index in [1.54, 1.807) is 12.0 Å². The molecule has 2 aromatic rings. The zero-order valence-corrected chi connectivity index (χ0v) is 16.2. The Hall–Kier alpha value is -2.73. The smallest absolute Gasteiger partial charge is 0.253 e. The lowest BCUT2D eigenvalue weighted by atomic mass is 9.86. The Balaban J connectivity index is 1.83. The van der Waals surface area contributed by atoms with Gasteiger partial charge in [0.1, 0.15) is 5.82 Å². The van der Waals surface area contributed by atoms with Crippen LogP contribution in [0.1, 0.15) is 27.4 Å². The van der Waals surface area contributed by atoms with Gasteiger partial charge in [-0.25, -0.2) is 4.39 Å². The summed E-state index contributed by atoms with van der Waals surface area (Å²) in [5.74, 6) is -1.09. The Morgan fingerprint density at radius 3 is 2.54 bits per heavy atom. The number of hydrogen-bond acceptors (Lipinski definition) is 3. The highest BCUT2D eigenvalue weighted by Gasteiger charge is 2.40. The fraction of sp³-hybridized carbons (Fsp3) is 0.364. The molecule has 0 aliphatic carbocycles. The van der Waals surface area contributed by atoms with E-state index in [9.17, 15) is 14.0 Å². The SMILES string of the molecule is COCCNC(=O)C1CN(C(=O)c2ccc(F)cc2)CC1c1ccccc1C. The highest BCUT2D eigenvalue weighted by molar-refractivity contribution is 5.95. The minimum Gasteiger partial charge on any atom is -0.383 e. The van der Waals surface area contributed by atoms with Crippen LogP contribution in [0.3, 0.4) is 0 Å². The van der Waals surface area contributed by atoms with Crippen LogP contribution in [0.2, 0.25) is 0 Å². The number of halogens is 1. The molecule has 2 amide bonds. The second kappa shape index (κ2) is 8.97. The number of nitrogens with one attached hydrogen (secondary N) is 1. The summed E-state index contributed by atoms with van der Waals surface area (Å²) >= 11 is 0. The van der Waals surface area contributed by atoms with E-state index in [2.05, 4.69) is 5.32 Å². The van der Waals surface area contributed by atoms with Crippen molar-refractivity contribution in [3.05, 3.63) is 71.0 Å². The molecule has 148 valence electrons. The van der Waals surface area contributed by atoms with Crippen LogP contribution in [0.5, 0.6) is 0 Å². The predicted octanol–water partition coefficient (Wildman–Crippen LogP) is 2.75. The lowest BCUT2D eigenvalue weighted by Gasteiger charge is -2.19. The third kappa shape index (κ3) is 4.39. The molecule has 2 atom stereocenters. The maximum Gasteiger partial charge on any atom is 0.253 e. The molecule has 1 N–H and O–H groups in total. The van der Waals surface area contributed by atoms with Crippen LogP contribution in [0.15, 0.2) is 48.5 Å². The van der Waals surface area contributed by atoms with Crippen LogP contribution < -0.4 is 5.32 Å².